The second-order valence-electron chi connectivity index (χ2n) is 10.3. The zero-order chi connectivity index (χ0) is 26.5. The van der Waals surface area contributed by atoms with Gasteiger partial charge in [-0.05, 0) is 80.6 Å². The van der Waals surface area contributed by atoms with Crippen LogP contribution in [0.15, 0.2) is 60.9 Å². The Balaban J connectivity index is 1.45. The van der Waals surface area contributed by atoms with Crippen molar-refractivity contribution in [2.75, 3.05) is 4.90 Å². The number of benzene rings is 2. The van der Waals surface area contributed by atoms with Gasteiger partial charge in [-0.25, -0.2) is 4.98 Å². The van der Waals surface area contributed by atoms with E-state index in [9.17, 15) is 14.7 Å². The molecule has 5 rings (SSSR count). The number of carboxylic acid groups (broad SMARTS) is 1. The summed E-state index contributed by atoms with van der Waals surface area (Å²) in [5, 5.41) is 17.9. The van der Waals surface area contributed by atoms with E-state index in [4.69, 9.17) is 4.98 Å². The first kappa shape index (κ1) is 24.4. The summed E-state index contributed by atoms with van der Waals surface area (Å²) in [7, 11) is 0. The number of amides is 1. The number of pyridine rings is 1. The summed E-state index contributed by atoms with van der Waals surface area (Å²) in [5.41, 5.74) is 4.76. The van der Waals surface area contributed by atoms with Gasteiger partial charge in [0, 0.05) is 11.6 Å². The van der Waals surface area contributed by atoms with Crippen LogP contribution in [0.5, 0.6) is 0 Å². The number of carbonyl (C=O) groups excluding carboxylic acids is 1. The van der Waals surface area contributed by atoms with Crippen LogP contribution in [-0.2, 0) is 16.8 Å². The second kappa shape index (κ2) is 8.96. The van der Waals surface area contributed by atoms with Crippen molar-refractivity contribution in [2.24, 2.45) is 0 Å². The van der Waals surface area contributed by atoms with Gasteiger partial charge in [0.25, 0.3) is 5.91 Å². The molecule has 0 saturated carbocycles. The lowest BCUT2D eigenvalue weighted by Crippen LogP contribution is -2.29. The highest BCUT2D eigenvalue weighted by molar-refractivity contribution is 6.10. The third-order valence-electron chi connectivity index (χ3n) is 7.05. The van der Waals surface area contributed by atoms with Gasteiger partial charge >= 0.3 is 5.97 Å². The van der Waals surface area contributed by atoms with Crippen LogP contribution in [0.1, 0.15) is 60.8 Å². The molecule has 0 spiro atoms. The standard InChI is InChI=1S/C29H29N5O3/c1-17(2)34-16-30-32-26(34)24-7-6-8-25(31-24)33-15-21-10-9-20(14-22(21)27(33)35)19-11-12-23(18(3)13-19)29(4,5)28(36)37/h6-14,16-17H,15H2,1-5H3,(H,36,37). The molecule has 0 bridgehead atoms. The minimum Gasteiger partial charge on any atom is -0.481 e. The molecule has 1 amide bonds. The van der Waals surface area contributed by atoms with Gasteiger partial charge in [0.2, 0.25) is 0 Å². The number of aliphatic carboxylic acids is 1. The van der Waals surface area contributed by atoms with Crippen LogP contribution in [0.25, 0.3) is 22.6 Å². The van der Waals surface area contributed by atoms with E-state index < -0.39 is 11.4 Å². The smallest absolute Gasteiger partial charge is 0.313 e. The molecule has 0 saturated heterocycles. The topological polar surface area (TPSA) is 101 Å². The lowest BCUT2D eigenvalue weighted by molar-refractivity contribution is -0.142. The number of aromatic nitrogens is 4. The van der Waals surface area contributed by atoms with Crippen LogP contribution in [-0.4, -0.2) is 36.7 Å². The highest BCUT2D eigenvalue weighted by Crippen LogP contribution is 2.34. The van der Waals surface area contributed by atoms with Gasteiger partial charge in [0.05, 0.1) is 12.0 Å². The predicted molar refractivity (Wildman–Crippen MR) is 141 cm³/mol. The molecule has 0 unspecified atom stereocenters. The van der Waals surface area contributed by atoms with E-state index in [0.29, 0.717) is 29.4 Å². The van der Waals surface area contributed by atoms with Crippen molar-refractivity contribution in [3.63, 3.8) is 0 Å². The zero-order valence-corrected chi connectivity index (χ0v) is 21.6. The number of hydrogen-bond acceptors (Lipinski definition) is 5. The molecule has 1 aliphatic rings. The molecule has 0 fully saturated rings. The summed E-state index contributed by atoms with van der Waals surface area (Å²) >= 11 is 0. The molecule has 8 heteroatoms. The third kappa shape index (κ3) is 4.18. The van der Waals surface area contributed by atoms with Crippen LogP contribution in [0.3, 0.4) is 0 Å². The van der Waals surface area contributed by atoms with Gasteiger partial charge in [-0.2, -0.15) is 0 Å². The van der Waals surface area contributed by atoms with Crippen LogP contribution < -0.4 is 4.90 Å². The maximum atomic E-state index is 13.5. The maximum absolute atomic E-state index is 13.5. The summed E-state index contributed by atoms with van der Waals surface area (Å²) < 4.78 is 1.95. The number of nitrogens with zero attached hydrogens (tertiary/aromatic N) is 5. The first-order chi connectivity index (χ1) is 17.6. The summed E-state index contributed by atoms with van der Waals surface area (Å²) in [6, 6.07) is 17.4. The van der Waals surface area contributed by atoms with E-state index in [0.717, 1.165) is 27.8 Å². The Kier molecular flexibility index (Phi) is 5.90. The van der Waals surface area contributed by atoms with Crippen LogP contribution in [0, 0.1) is 6.92 Å². The summed E-state index contributed by atoms with van der Waals surface area (Å²) in [5.74, 6) is 0.253. The molecule has 1 aliphatic heterocycles. The zero-order valence-electron chi connectivity index (χ0n) is 21.6. The summed E-state index contributed by atoms with van der Waals surface area (Å²) in [6.45, 7) is 9.87. The lowest BCUT2D eigenvalue weighted by atomic mass is 9.81. The lowest BCUT2D eigenvalue weighted by Gasteiger charge is -2.22. The number of anilines is 1. The van der Waals surface area contributed by atoms with Crippen LogP contribution >= 0.6 is 0 Å². The average Bonchev–Trinajstić information content (AvgIpc) is 3.49. The van der Waals surface area contributed by atoms with Crippen molar-refractivity contribution in [1.82, 2.24) is 19.7 Å². The number of carbonyl (C=O) groups is 2. The minimum atomic E-state index is -0.985. The molecule has 0 radical (unpaired) electrons. The first-order valence-electron chi connectivity index (χ1n) is 12.2. The van der Waals surface area contributed by atoms with Gasteiger partial charge in [-0.3, -0.25) is 14.5 Å². The largest absolute Gasteiger partial charge is 0.481 e. The molecule has 3 heterocycles. The molecule has 0 aliphatic carbocycles. The van der Waals surface area contributed by atoms with E-state index in [1.807, 2.05) is 66.1 Å². The molecule has 2 aromatic heterocycles. The average molecular weight is 496 g/mol. The van der Waals surface area contributed by atoms with Gasteiger partial charge in [-0.15, -0.1) is 10.2 Å². The van der Waals surface area contributed by atoms with Gasteiger partial charge < -0.3 is 9.67 Å². The molecule has 188 valence electrons. The maximum Gasteiger partial charge on any atom is 0.313 e. The quantitative estimate of drug-likeness (QED) is 0.383. The molecule has 4 aromatic rings. The molecule has 0 atom stereocenters. The molecule has 37 heavy (non-hydrogen) atoms. The Morgan fingerprint density at radius 2 is 1.78 bits per heavy atom. The normalized spacial score (nSPS) is 13.4. The fourth-order valence-corrected chi connectivity index (χ4v) is 4.83. The summed E-state index contributed by atoms with van der Waals surface area (Å²) in [4.78, 5) is 31.6. The van der Waals surface area contributed by atoms with Gasteiger partial charge in [-0.1, -0.05) is 36.4 Å². The first-order valence-corrected chi connectivity index (χ1v) is 12.2. The van der Waals surface area contributed by atoms with Crippen molar-refractivity contribution < 1.29 is 14.7 Å². The fourth-order valence-electron chi connectivity index (χ4n) is 4.83. The van der Waals surface area contributed by atoms with Gasteiger partial charge in [0.15, 0.2) is 5.82 Å². The van der Waals surface area contributed by atoms with Crippen molar-refractivity contribution in [1.29, 1.82) is 0 Å². The monoisotopic (exact) mass is 495 g/mol. The van der Waals surface area contributed by atoms with Crippen molar-refractivity contribution >= 4 is 17.7 Å². The highest BCUT2D eigenvalue weighted by atomic mass is 16.4. The highest BCUT2D eigenvalue weighted by Gasteiger charge is 2.32. The number of aryl methyl sites for hydroxylation is 1. The second-order valence-corrected chi connectivity index (χ2v) is 10.3. The predicted octanol–water partition coefficient (Wildman–Crippen LogP) is 5.42. The van der Waals surface area contributed by atoms with E-state index >= 15 is 0 Å². The Morgan fingerprint density at radius 1 is 1.05 bits per heavy atom. The number of hydrogen-bond donors (Lipinski definition) is 1. The molecule has 1 N–H and O–H groups in total. The number of carboxylic acids is 1. The fraction of sp³-hybridized carbons (Fsp3) is 0.276. The van der Waals surface area contributed by atoms with Crippen LogP contribution in [0.2, 0.25) is 0 Å². The Hall–Kier alpha value is -4.33. The SMILES string of the molecule is Cc1cc(-c2ccc3c(c2)C(=O)N(c2cccc(-c4nncn4C(C)C)n2)C3)ccc1C(C)(C)C(=O)O. The third-order valence-corrected chi connectivity index (χ3v) is 7.05. The van der Waals surface area contributed by atoms with E-state index in [1.54, 1.807) is 25.1 Å². The molecular weight excluding hydrogens is 466 g/mol. The number of rotatable bonds is 6. The van der Waals surface area contributed by atoms with E-state index in [1.165, 1.54) is 0 Å². The van der Waals surface area contributed by atoms with Gasteiger partial charge in [0.1, 0.15) is 17.8 Å². The van der Waals surface area contributed by atoms with Crippen LogP contribution in [0.4, 0.5) is 5.82 Å². The summed E-state index contributed by atoms with van der Waals surface area (Å²) in [6.07, 6.45) is 1.68. The molecule has 2 aromatic carbocycles. The van der Waals surface area contributed by atoms with E-state index in [-0.39, 0.29) is 11.9 Å². The Labute approximate surface area is 215 Å². The molecule has 8 nitrogen and oxygen atoms in total. The number of fused-ring (bicyclic) bond motifs is 1. The van der Waals surface area contributed by atoms with Crippen molar-refractivity contribution in [3.8, 4) is 22.6 Å². The van der Waals surface area contributed by atoms with Crippen molar-refractivity contribution in [3.05, 3.63) is 83.2 Å². The Morgan fingerprint density at radius 3 is 2.49 bits per heavy atom. The Bertz CT molecular complexity index is 1540. The minimum absolute atomic E-state index is 0.104. The van der Waals surface area contributed by atoms with Crippen molar-refractivity contribution in [2.45, 2.75) is 52.6 Å². The molecular formula is C29H29N5O3. The van der Waals surface area contributed by atoms with E-state index in [2.05, 4.69) is 24.0 Å².